The highest BCUT2D eigenvalue weighted by atomic mass is 79.9. The number of benzene rings is 3. The third-order valence-corrected chi connectivity index (χ3v) is 7.88. The van der Waals surface area contributed by atoms with Gasteiger partial charge in [0, 0.05) is 27.5 Å². The van der Waals surface area contributed by atoms with E-state index < -0.39 is 11.9 Å². The number of hydrogen-bond donors (Lipinski definition) is 1. The van der Waals surface area contributed by atoms with Crippen molar-refractivity contribution in [1.82, 2.24) is 9.88 Å². The van der Waals surface area contributed by atoms with E-state index in [9.17, 15) is 9.18 Å². The van der Waals surface area contributed by atoms with Crippen LogP contribution in [-0.4, -0.2) is 34.1 Å². The van der Waals surface area contributed by atoms with Crippen molar-refractivity contribution in [2.24, 2.45) is 0 Å². The van der Waals surface area contributed by atoms with Gasteiger partial charge in [-0.1, -0.05) is 39.7 Å². The molecule has 1 saturated heterocycles. The summed E-state index contributed by atoms with van der Waals surface area (Å²) >= 11 is 15.8. The average molecular weight is 571 g/mol. The summed E-state index contributed by atoms with van der Waals surface area (Å²) in [4.78, 5) is 20.8. The van der Waals surface area contributed by atoms with Crippen molar-refractivity contribution < 1.29 is 13.9 Å². The number of aromatic amines is 1. The Morgan fingerprint density at radius 3 is 2.63 bits per heavy atom. The predicted octanol–water partition coefficient (Wildman–Crippen LogP) is 6.38. The van der Waals surface area contributed by atoms with Gasteiger partial charge in [-0.15, -0.1) is 0 Å². The van der Waals surface area contributed by atoms with Crippen molar-refractivity contribution in [3.63, 3.8) is 0 Å². The molecule has 1 amide bonds. The number of carbonyl (C=O) groups is 1. The number of anilines is 1. The van der Waals surface area contributed by atoms with E-state index in [0.29, 0.717) is 17.2 Å². The van der Waals surface area contributed by atoms with Gasteiger partial charge in [0.15, 0.2) is 5.11 Å². The zero-order valence-electron chi connectivity index (χ0n) is 18.4. The number of nitrogens with zero attached hydrogens (tertiary/aromatic N) is 2. The molecule has 4 aromatic rings. The maximum absolute atomic E-state index is 13.8. The quantitative estimate of drug-likeness (QED) is 0.291. The van der Waals surface area contributed by atoms with Crippen LogP contribution in [0.25, 0.3) is 10.9 Å². The molecule has 2 aliphatic rings. The van der Waals surface area contributed by atoms with Gasteiger partial charge in [0.25, 0.3) is 5.91 Å². The van der Waals surface area contributed by atoms with E-state index in [4.69, 9.17) is 28.6 Å². The molecule has 0 bridgehead atoms. The van der Waals surface area contributed by atoms with E-state index >= 15 is 0 Å². The first-order valence-corrected chi connectivity index (χ1v) is 12.5. The molecule has 2 unspecified atom stereocenters. The molecule has 2 aliphatic heterocycles. The maximum atomic E-state index is 13.8. The standard InChI is InChI=1S/C26H18BrClFN3O2S/c1-34-16-6-2-13(3-7-16)24-23-18(17-10-14(27)4-8-20(17)30-23)12-22-25(33)32(26(35)31(22)24)21-9-5-15(29)11-19(21)28/h2-11,22,24,30H,12H2,1H3. The molecule has 35 heavy (non-hydrogen) atoms. The number of rotatable bonds is 3. The summed E-state index contributed by atoms with van der Waals surface area (Å²) in [7, 11) is 1.62. The van der Waals surface area contributed by atoms with Crippen LogP contribution >= 0.6 is 39.7 Å². The first kappa shape index (κ1) is 22.5. The highest BCUT2D eigenvalue weighted by Gasteiger charge is 2.51. The van der Waals surface area contributed by atoms with E-state index in [1.807, 2.05) is 41.3 Å². The van der Waals surface area contributed by atoms with Crippen LogP contribution in [0.2, 0.25) is 5.02 Å². The summed E-state index contributed by atoms with van der Waals surface area (Å²) in [6.45, 7) is 0. The molecule has 3 aromatic carbocycles. The van der Waals surface area contributed by atoms with Crippen molar-refractivity contribution in [2.45, 2.75) is 18.5 Å². The van der Waals surface area contributed by atoms with E-state index in [1.54, 1.807) is 7.11 Å². The molecule has 9 heteroatoms. The number of ether oxygens (including phenoxy) is 1. The fourth-order valence-corrected chi connectivity index (χ4v) is 6.15. The number of nitrogens with one attached hydrogen (secondary N) is 1. The van der Waals surface area contributed by atoms with Gasteiger partial charge < -0.3 is 14.6 Å². The third kappa shape index (κ3) is 3.46. The monoisotopic (exact) mass is 569 g/mol. The van der Waals surface area contributed by atoms with Crippen LogP contribution in [-0.2, 0) is 11.2 Å². The molecule has 2 atom stereocenters. The first-order chi connectivity index (χ1) is 16.9. The number of fused-ring (bicyclic) bond motifs is 4. The highest BCUT2D eigenvalue weighted by Crippen LogP contribution is 2.46. The largest absolute Gasteiger partial charge is 0.497 e. The van der Waals surface area contributed by atoms with Gasteiger partial charge >= 0.3 is 0 Å². The molecule has 1 fully saturated rings. The fourth-order valence-electron chi connectivity index (χ4n) is 5.11. The lowest BCUT2D eigenvalue weighted by molar-refractivity contribution is -0.120. The lowest BCUT2D eigenvalue weighted by Crippen LogP contribution is -2.44. The summed E-state index contributed by atoms with van der Waals surface area (Å²) in [6.07, 6.45) is 0.479. The number of aromatic nitrogens is 1. The molecule has 3 heterocycles. The zero-order chi connectivity index (χ0) is 24.4. The van der Waals surface area contributed by atoms with Gasteiger partial charge in [0.1, 0.15) is 17.6 Å². The minimum Gasteiger partial charge on any atom is -0.497 e. The number of thiocarbonyl (C=S) groups is 1. The minimum absolute atomic E-state index is 0.134. The second kappa shape index (κ2) is 8.33. The van der Waals surface area contributed by atoms with Crippen molar-refractivity contribution in [2.75, 3.05) is 12.0 Å². The van der Waals surface area contributed by atoms with Gasteiger partial charge in [-0.25, -0.2) is 4.39 Å². The Morgan fingerprint density at radius 1 is 1.14 bits per heavy atom. The van der Waals surface area contributed by atoms with Gasteiger partial charge in [0.2, 0.25) is 0 Å². The molecule has 176 valence electrons. The van der Waals surface area contributed by atoms with Crippen molar-refractivity contribution in [1.29, 1.82) is 0 Å². The number of amides is 1. The van der Waals surface area contributed by atoms with Gasteiger partial charge in [-0.3, -0.25) is 9.69 Å². The smallest absolute Gasteiger partial charge is 0.256 e. The zero-order valence-corrected chi connectivity index (χ0v) is 21.5. The average Bonchev–Trinajstić information content (AvgIpc) is 3.32. The van der Waals surface area contributed by atoms with Crippen LogP contribution in [0, 0.1) is 5.82 Å². The lowest BCUT2D eigenvalue weighted by Gasteiger charge is -2.37. The van der Waals surface area contributed by atoms with Crippen molar-refractivity contribution >= 4 is 67.4 Å². The summed E-state index contributed by atoms with van der Waals surface area (Å²) in [5, 5.41) is 1.53. The van der Waals surface area contributed by atoms with E-state index in [0.717, 1.165) is 37.9 Å². The highest BCUT2D eigenvalue weighted by molar-refractivity contribution is 9.10. The molecular formula is C26H18BrClFN3O2S. The molecule has 0 aliphatic carbocycles. The summed E-state index contributed by atoms with van der Waals surface area (Å²) in [5.74, 6) is 0.0795. The SMILES string of the molecule is COc1ccc(C2c3[nH]c4ccc(Br)cc4c3CC3C(=O)N(c4ccc(F)cc4Cl)C(=S)N32)cc1. The maximum Gasteiger partial charge on any atom is 0.256 e. The van der Waals surface area contributed by atoms with Gasteiger partial charge in [-0.05, 0) is 71.9 Å². The van der Waals surface area contributed by atoms with Crippen LogP contribution < -0.4 is 9.64 Å². The summed E-state index contributed by atoms with van der Waals surface area (Å²) < 4.78 is 20.0. The molecular weight excluding hydrogens is 553 g/mol. The van der Waals surface area contributed by atoms with Crippen LogP contribution in [0.5, 0.6) is 5.75 Å². The van der Waals surface area contributed by atoms with Crippen LogP contribution in [0.15, 0.2) is 65.1 Å². The number of H-pyrrole nitrogens is 1. The summed E-state index contributed by atoms with van der Waals surface area (Å²) in [6, 6.07) is 17.0. The van der Waals surface area contributed by atoms with E-state index in [1.165, 1.54) is 23.1 Å². The first-order valence-electron chi connectivity index (χ1n) is 10.9. The Balaban J connectivity index is 1.54. The third-order valence-electron chi connectivity index (χ3n) is 6.69. The van der Waals surface area contributed by atoms with Gasteiger partial charge in [-0.2, -0.15) is 0 Å². The minimum atomic E-state index is -0.527. The Bertz CT molecular complexity index is 1520. The molecule has 1 N–H and O–H groups in total. The van der Waals surface area contributed by atoms with Crippen LogP contribution in [0.1, 0.15) is 22.9 Å². The molecule has 1 aromatic heterocycles. The van der Waals surface area contributed by atoms with E-state index in [-0.39, 0.29) is 17.0 Å². The van der Waals surface area contributed by atoms with E-state index in [2.05, 4.69) is 27.0 Å². The normalized spacial score (nSPS) is 19.3. The van der Waals surface area contributed by atoms with Crippen LogP contribution in [0.4, 0.5) is 10.1 Å². The lowest BCUT2D eigenvalue weighted by atomic mass is 9.89. The number of hydrogen-bond acceptors (Lipinski definition) is 3. The Morgan fingerprint density at radius 2 is 1.91 bits per heavy atom. The van der Waals surface area contributed by atoms with Crippen molar-refractivity contribution in [3.05, 3.63) is 92.8 Å². The second-order valence-electron chi connectivity index (χ2n) is 8.56. The molecule has 0 spiro atoms. The number of halogens is 3. The van der Waals surface area contributed by atoms with Crippen LogP contribution in [0.3, 0.4) is 0 Å². The Labute approximate surface area is 219 Å². The second-order valence-corrected chi connectivity index (χ2v) is 10.3. The number of carbonyl (C=O) groups excluding carboxylic acids is 1. The molecule has 0 radical (unpaired) electrons. The fraction of sp³-hybridized carbons (Fsp3) is 0.154. The molecule has 5 nitrogen and oxygen atoms in total. The van der Waals surface area contributed by atoms with Gasteiger partial charge in [0.05, 0.1) is 23.9 Å². The Hall–Kier alpha value is -2.94. The topological polar surface area (TPSA) is 48.6 Å². The Kier molecular flexibility index (Phi) is 5.36. The predicted molar refractivity (Wildman–Crippen MR) is 142 cm³/mol. The van der Waals surface area contributed by atoms with Crippen molar-refractivity contribution in [3.8, 4) is 5.75 Å². The summed E-state index contributed by atoms with van der Waals surface area (Å²) in [5.41, 5.74) is 4.40. The molecule has 6 rings (SSSR count). The number of methoxy groups -OCH3 is 1. The molecule has 0 saturated carbocycles.